The molecule has 0 aliphatic heterocycles. The lowest BCUT2D eigenvalue weighted by Crippen LogP contribution is -2.09. The highest BCUT2D eigenvalue weighted by atomic mass is 35.5. The van der Waals surface area contributed by atoms with E-state index in [1.165, 1.54) is 11.1 Å². The van der Waals surface area contributed by atoms with E-state index >= 15 is 0 Å². The lowest BCUT2D eigenvalue weighted by molar-refractivity contribution is 1.27. The molecule has 0 saturated carbocycles. The summed E-state index contributed by atoms with van der Waals surface area (Å²) in [5.74, 6) is 0. The van der Waals surface area contributed by atoms with Crippen LogP contribution in [0.5, 0.6) is 0 Å². The molecule has 110 valence electrons. The van der Waals surface area contributed by atoms with Crippen LogP contribution in [0.25, 0.3) is 0 Å². The van der Waals surface area contributed by atoms with E-state index < -0.39 is 0 Å². The van der Waals surface area contributed by atoms with Crippen LogP contribution >= 0.6 is 11.6 Å². The van der Waals surface area contributed by atoms with Crippen LogP contribution in [0.3, 0.4) is 0 Å². The second-order valence-corrected chi connectivity index (χ2v) is 5.92. The highest BCUT2D eigenvalue weighted by Crippen LogP contribution is 2.35. The topological polar surface area (TPSA) is 3.24 Å². The average molecular weight is 308 g/mol. The van der Waals surface area contributed by atoms with Gasteiger partial charge in [-0.3, -0.25) is 0 Å². The number of anilines is 3. The lowest BCUT2D eigenvalue weighted by atomic mass is 10.1. The summed E-state index contributed by atoms with van der Waals surface area (Å²) in [6.07, 6.45) is 0. The zero-order chi connectivity index (χ0) is 15.5. The molecule has 0 aliphatic rings. The molecule has 0 atom stereocenters. The standard InChI is InChI=1S/C20H18ClN/c1-15-6-10-18(11-7-15)22(19-12-8-16(2)9-13-19)20-5-3-4-17(21)14-20/h3-14H,1-2H3. The predicted octanol–water partition coefficient (Wildman–Crippen LogP) is 6.43. The number of halogens is 1. The second-order valence-electron chi connectivity index (χ2n) is 5.49. The minimum atomic E-state index is 0.738. The first-order valence-electron chi connectivity index (χ1n) is 7.32. The van der Waals surface area contributed by atoms with E-state index in [2.05, 4.69) is 73.3 Å². The summed E-state index contributed by atoms with van der Waals surface area (Å²) in [5.41, 5.74) is 5.80. The first-order chi connectivity index (χ1) is 10.6. The van der Waals surface area contributed by atoms with E-state index in [1.807, 2.05) is 18.2 Å². The van der Waals surface area contributed by atoms with Gasteiger partial charge in [0.15, 0.2) is 0 Å². The molecule has 0 radical (unpaired) electrons. The quantitative estimate of drug-likeness (QED) is 0.539. The Labute approximate surface area is 136 Å². The zero-order valence-corrected chi connectivity index (χ0v) is 13.5. The smallest absolute Gasteiger partial charge is 0.0476 e. The lowest BCUT2D eigenvalue weighted by Gasteiger charge is -2.25. The van der Waals surface area contributed by atoms with Crippen LogP contribution in [-0.4, -0.2) is 0 Å². The Hall–Kier alpha value is -2.25. The molecule has 3 aromatic rings. The number of hydrogen-bond donors (Lipinski definition) is 0. The number of aryl methyl sites for hydroxylation is 2. The average Bonchev–Trinajstić information content (AvgIpc) is 2.51. The van der Waals surface area contributed by atoms with Gasteiger partial charge in [0.1, 0.15) is 0 Å². The molecule has 0 unspecified atom stereocenters. The Morgan fingerprint density at radius 2 is 1.14 bits per heavy atom. The van der Waals surface area contributed by atoms with Gasteiger partial charge in [-0.05, 0) is 56.3 Å². The van der Waals surface area contributed by atoms with Crippen molar-refractivity contribution in [3.63, 3.8) is 0 Å². The maximum atomic E-state index is 6.19. The third-order valence-electron chi connectivity index (χ3n) is 3.65. The molecule has 0 saturated heterocycles. The van der Waals surface area contributed by atoms with Gasteiger partial charge in [0.2, 0.25) is 0 Å². The summed E-state index contributed by atoms with van der Waals surface area (Å²) >= 11 is 6.19. The SMILES string of the molecule is Cc1ccc(N(c2ccc(C)cc2)c2cccc(Cl)c2)cc1. The van der Waals surface area contributed by atoms with Crippen LogP contribution in [0.15, 0.2) is 72.8 Å². The molecular weight excluding hydrogens is 290 g/mol. The van der Waals surface area contributed by atoms with Crippen LogP contribution in [-0.2, 0) is 0 Å². The molecule has 0 fully saturated rings. The van der Waals surface area contributed by atoms with Gasteiger partial charge in [0, 0.05) is 22.1 Å². The Morgan fingerprint density at radius 3 is 1.59 bits per heavy atom. The van der Waals surface area contributed by atoms with Gasteiger partial charge >= 0.3 is 0 Å². The van der Waals surface area contributed by atoms with Crippen molar-refractivity contribution in [1.82, 2.24) is 0 Å². The predicted molar refractivity (Wildman–Crippen MR) is 95.6 cm³/mol. The first kappa shape index (κ1) is 14.7. The van der Waals surface area contributed by atoms with Crippen molar-refractivity contribution in [1.29, 1.82) is 0 Å². The number of benzene rings is 3. The Kier molecular flexibility index (Phi) is 4.17. The fourth-order valence-corrected chi connectivity index (χ4v) is 2.63. The van der Waals surface area contributed by atoms with E-state index in [1.54, 1.807) is 0 Å². The molecule has 2 heteroatoms. The Morgan fingerprint density at radius 1 is 0.636 bits per heavy atom. The van der Waals surface area contributed by atoms with Gasteiger partial charge in [-0.1, -0.05) is 53.1 Å². The summed E-state index contributed by atoms with van der Waals surface area (Å²) in [6.45, 7) is 4.19. The van der Waals surface area contributed by atoms with Crippen LogP contribution in [0.1, 0.15) is 11.1 Å². The summed E-state index contributed by atoms with van der Waals surface area (Å²) in [5, 5.41) is 0.738. The second kappa shape index (κ2) is 6.25. The molecule has 0 spiro atoms. The molecule has 0 aromatic heterocycles. The first-order valence-corrected chi connectivity index (χ1v) is 7.70. The van der Waals surface area contributed by atoms with Crippen molar-refractivity contribution in [2.24, 2.45) is 0 Å². The van der Waals surface area contributed by atoms with Crippen molar-refractivity contribution in [2.75, 3.05) is 4.90 Å². The molecular formula is C20H18ClN. The maximum absolute atomic E-state index is 6.19. The third-order valence-corrected chi connectivity index (χ3v) is 3.89. The highest BCUT2D eigenvalue weighted by Gasteiger charge is 2.12. The summed E-state index contributed by atoms with van der Waals surface area (Å²) < 4.78 is 0. The normalized spacial score (nSPS) is 10.5. The van der Waals surface area contributed by atoms with Crippen LogP contribution in [0.2, 0.25) is 5.02 Å². The van der Waals surface area contributed by atoms with Crippen molar-refractivity contribution < 1.29 is 0 Å². The van der Waals surface area contributed by atoms with Gasteiger partial charge < -0.3 is 4.90 Å². The van der Waals surface area contributed by atoms with Gasteiger partial charge in [-0.25, -0.2) is 0 Å². The summed E-state index contributed by atoms with van der Waals surface area (Å²) in [7, 11) is 0. The highest BCUT2D eigenvalue weighted by molar-refractivity contribution is 6.30. The van der Waals surface area contributed by atoms with Gasteiger partial charge in [0.25, 0.3) is 0 Å². The Bertz CT molecular complexity index is 715. The van der Waals surface area contributed by atoms with Crippen molar-refractivity contribution in [3.8, 4) is 0 Å². The fraction of sp³-hybridized carbons (Fsp3) is 0.100. The molecule has 0 aliphatic carbocycles. The molecule has 3 rings (SSSR count). The number of rotatable bonds is 3. The summed E-state index contributed by atoms with van der Waals surface area (Å²) in [6, 6.07) is 25.0. The van der Waals surface area contributed by atoms with Crippen molar-refractivity contribution in [3.05, 3.63) is 88.9 Å². The molecule has 0 bridgehead atoms. The largest absolute Gasteiger partial charge is 0.310 e. The van der Waals surface area contributed by atoms with Crippen LogP contribution in [0.4, 0.5) is 17.1 Å². The molecule has 0 N–H and O–H groups in total. The van der Waals surface area contributed by atoms with Crippen molar-refractivity contribution in [2.45, 2.75) is 13.8 Å². The molecule has 3 aromatic carbocycles. The number of hydrogen-bond acceptors (Lipinski definition) is 1. The van der Waals surface area contributed by atoms with Crippen molar-refractivity contribution >= 4 is 28.7 Å². The number of nitrogens with zero attached hydrogens (tertiary/aromatic N) is 1. The molecule has 0 amide bonds. The summed E-state index contributed by atoms with van der Waals surface area (Å²) in [4.78, 5) is 2.21. The fourth-order valence-electron chi connectivity index (χ4n) is 2.45. The minimum Gasteiger partial charge on any atom is -0.310 e. The minimum absolute atomic E-state index is 0.738. The van der Waals surface area contributed by atoms with Crippen LogP contribution in [0, 0.1) is 13.8 Å². The van der Waals surface area contributed by atoms with E-state index in [9.17, 15) is 0 Å². The van der Waals surface area contributed by atoms with E-state index in [0.29, 0.717) is 0 Å². The Balaban J connectivity index is 2.13. The third kappa shape index (κ3) is 3.15. The monoisotopic (exact) mass is 307 g/mol. The van der Waals surface area contributed by atoms with E-state index in [0.717, 1.165) is 22.1 Å². The van der Waals surface area contributed by atoms with E-state index in [4.69, 9.17) is 11.6 Å². The van der Waals surface area contributed by atoms with Gasteiger partial charge in [-0.15, -0.1) is 0 Å². The van der Waals surface area contributed by atoms with Crippen LogP contribution < -0.4 is 4.90 Å². The maximum Gasteiger partial charge on any atom is 0.0476 e. The van der Waals surface area contributed by atoms with E-state index in [-0.39, 0.29) is 0 Å². The molecule has 22 heavy (non-hydrogen) atoms. The molecule has 0 heterocycles. The van der Waals surface area contributed by atoms with Gasteiger partial charge in [0.05, 0.1) is 0 Å². The molecule has 1 nitrogen and oxygen atoms in total. The van der Waals surface area contributed by atoms with Gasteiger partial charge in [-0.2, -0.15) is 0 Å². The zero-order valence-electron chi connectivity index (χ0n) is 12.8.